The van der Waals surface area contributed by atoms with Crippen molar-refractivity contribution in [2.45, 2.75) is 13.3 Å². The van der Waals surface area contributed by atoms with Crippen molar-refractivity contribution in [1.82, 2.24) is 0 Å². The van der Waals surface area contributed by atoms with Gasteiger partial charge in [-0.25, -0.2) is 0 Å². The summed E-state index contributed by atoms with van der Waals surface area (Å²) in [5.41, 5.74) is 2.44. The van der Waals surface area contributed by atoms with E-state index >= 15 is 0 Å². The van der Waals surface area contributed by atoms with Crippen molar-refractivity contribution in [3.63, 3.8) is 0 Å². The van der Waals surface area contributed by atoms with Gasteiger partial charge in [0.15, 0.2) is 11.5 Å². The van der Waals surface area contributed by atoms with Gasteiger partial charge in [-0.15, -0.1) is 0 Å². The van der Waals surface area contributed by atoms with Gasteiger partial charge in [0.2, 0.25) is 18.6 Å². The average Bonchev–Trinajstić information content (AvgIpc) is 3.23. The van der Waals surface area contributed by atoms with Crippen LogP contribution in [0.5, 0.6) is 11.5 Å². The van der Waals surface area contributed by atoms with Crippen LogP contribution >= 0.6 is 15.9 Å². The number of hydrogen-bond acceptors (Lipinski definition) is 4. The summed E-state index contributed by atoms with van der Waals surface area (Å²) in [7, 11) is 0. The van der Waals surface area contributed by atoms with E-state index in [0.717, 1.165) is 15.7 Å². The van der Waals surface area contributed by atoms with Crippen LogP contribution in [0.2, 0.25) is 0 Å². The Balaban J connectivity index is 1.49. The topological polar surface area (TPSA) is 67.9 Å². The lowest BCUT2D eigenvalue weighted by Crippen LogP contribution is -2.28. The van der Waals surface area contributed by atoms with Crippen LogP contribution in [0.25, 0.3) is 0 Å². The molecule has 1 atom stereocenters. The Kier molecular flexibility index (Phi) is 4.32. The third-order valence-electron chi connectivity index (χ3n) is 4.62. The molecule has 0 radical (unpaired) electrons. The van der Waals surface area contributed by atoms with Gasteiger partial charge in [-0.1, -0.05) is 22.0 Å². The van der Waals surface area contributed by atoms with Crippen molar-refractivity contribution in [3.05, 3.63) is 46.4 Å². The molecule has 0 unspecified atom stereocenters. The summed E-state index contributed by atoms with van der Waals surface area (Å²) < 4.78 is 11.6. The molecule has 2 heterocycles. The Hall–Kier alpha value is -2.54. The fourth-order valence-corrected chi connectivity index (χ4v) is 3.51. The molecule has 1 N–H and O–H groups in total. The number of halogens is 1. The maximum Gasteiger partial charge on any atom is 0.231 e. The van der Waals surface area contributed by atoms with Crippen molar-refractivity contribution in [3.8, 4) is 11.5 Å². The van der Waals surface area contributed by atoms with Crippen molar-refractivity contribution in [2.75, 3.05) is 23.6 Å². The minimum Gasteiger partial charge on any atom is -0.454 e. The Morgan fingerprint density at radius 3 is 2.85 bits per heavy atom. The summed E-state index contributed by atoms with van der Waals surface area (Å²) in [6.45, 7) is 2.46. The third kappa shape index (κ3) is 3.14. The van der Waals surface area contributed by atoms with E-state index in [1.807, 2.05) is 31.2 Å². The molecule has 2 aliphatic rings. The molecule has 0 spiro atoms. The molecule has 2 aromatic carbocycles. The molecule has 26 heavy (non-hydrogen) atoms. The first-order valence-electron chi connectivity index (χ1n) is 8.28. The van der Waals surface area contributed by atoms with E-state index in [4.69, 9.17) is 9.47 Å². The number of benzene rings is 2. The highest BCUT2D eigenvalue weighted by Gasteiger charge is 2.35. The number of aryl methyl sites for hydroxylation is 1. The molecule has 2 aromatic rings. The lowest BCUT2D eigenvalue weighted by Gasteiger charge is -2.17. The number of nitrogens with zero attached hydrogens (tertiary/aromatic N) is 1. The largest absolute Gasteiger partial charge is 0.454 e. The first-order chi connectivity index (χ1) is 12.5. The predicted octanol–water partition coefficient (Wildman–Crippen LogP) is 3.48. The van der Waals surface area contributed by atoms with Gasteiger partial charge in [-0.3, -0.25) is 9.59 Å². The molecule has 2 amide bonds. The Labute approximate surface area is 159 Å². The molecular weight excluding hydrogens is 400 g/mol. The molecule has 1 fully saturated rings. The zero-order chi connectivity index (χ0) is 18.3. The van der Waals surface area contributed by atoms with Gasteiger partial charge in [0.1, 0.15) is 0 Å². The molecule has 7 heteroatoms. The maximum atomic E-state index is 12.6. The molecule has 1 saturated heterocycles. The number of ether oxygens (including phenoxy) is 2. The average molecular weight is 417 g/mol. The van der Waals surface area contributed by atoms with Crippen molar-refractivity contribution >= 4 is 39.1 Å². The summed E-state index contributed by atoms with van der Waals surface area (Å²) in [4.78, 5) is 26.7. The van der Waals surface area contributed by atoms with Gasteiger partial charge < -0.3 is 19.7 Å². The molecule has 0 saturated carbocycles. The van der Waals surface area contributed by atoms with Gasteiger partial charge in [0.05, 0.1) is 5.92 Å². The SMILES string of the molecule is Cc1ccc(Br)cc1NC(=O)[C@@H]1CC(=O)N(c2ccc3c(c2)OCO3)C1. The fourth-order valence-electron chi connectivity index (χ4n) is 3.15. The normalized spacial score (nSPS) is 18.3. The standard InChI is InChI=1S/C19H17BrN2O4/c1-11-2-3-13(20)7-15(11)21-19(24)12-6-18(23)22(9-12)14-4-5-16-17(8-14)26-10-25-16/h2-5,7-8,12H,6,9-10H2,1H3,(H,21,24)/t12-/m1/s1. The van der Waals surface area contributed by atoms with E-state index < -0.39 is 5.92 Å². The Morgan fingerprint density at radius 1 is 1.19 bits per heavy atom. The summed E-state index contributed by atoms with van der Waals surface area (Å²) in [6, 6.07) is 11.1. The summed E-state index contributed by atoms with van der Waals surface area (Å²) >= 11 is 3.41. The van der Waals surface area contributed by atoms with E-state index in [-0.39, 0.29) is 25.0 Å². The molecule has 6 nitrogen and oxygen atoms in total. The van der Waals surface area contributed by atoms with E-state index in [1.54, 1.807) is 17.0 Å². The first kappa shape index (κ1) is 16.9. The van der Waals surface area contributed by atoms with Crippen molar-refractivity contribution in [2.24, 2.45) is 5.92 Å². The molecule has 2 aliphatic heterocycles. The molecule has 0 aromatic heterocycles. The second-order valence-electron chi connectivity index (χ2n) is 6.39. The van der Waals surface area contributed by atoms with Gasteiger partial charge in [-0.2, -0.15) is 0 Å². The zero-order valence-corrected chi connectivity index (χ0v) is 15.7. The van der Waals surface area contributed by atoms with Crippen LogP contribution in [0.1, 0.15) is 12.0 Å². The van der Waals surface area contributed by atoms with Crippen LogP contribution in [0, 0.1) is 12.8 Å². The smallest absolute Gasteiger partial charge is 0.231 e. The van der Waals surface area contributed by atoms with Crippen molar-refractivity contribution < 1.29 is 19.1 Å². The first-order valence-corrected chi connectivity index (χ1v) is 9.07. The van der Waals surface area contributed by atoms with Crippen LogP contribution in [-0.4, -0.2) is 25.2 Å². The highest BCUT2D eigenvalue weighted by molar-refractivity contribution is 9.10. The second-order valence-corrected chi connectivity index (χ2v) is 7.31. The summed E-state index contributed by atoms with van der Waals surface area (Å²) in [5.74, 6) is 0.664. The van der Waals surface area contributed by atoms with Crippen LogP contribution in [0.3, 0.4) is 0 Å². The quantitative estimate of drug-likeness (QED) is 0.831. The lowest BCUT2D eigenvalue weighted by atomic mass is 10.1. The van der Waals surface area contributed by atoms with E-state index in [2.05, 4.69) is 21.2 Å². The minimum absolute atomic E-state index is 0.0741. The van der Waals surface area contributed by atoms with Gasteiger partial charge in [0, 0.05) is 34.9 Å². The van der Waals surface area contributed by atoms with E-state index in [9.17, 15) is 9.59 Å². The molecule has 134 valence electrons. The van der Waals surface area contributed by atoms with Gasteiger partial charge in [0.25, 0.3) is 0 Å². The molecule has 4 rings (SSSR count). The Bertz CT molecular complexity index is 899. The number of amides is 2. The van der Waals surface area contributed by atoms with Crippen LogP contribution in [0.4, 0.5) is 11.4 Å². The number of anilines is 2. The highest BCUT2D eigenvalue weighted by Crippen LogP contribution is 2.37. The number of carbonyl (C=O) groups is 2. The number of carbonyl (C=O) groups excluding carboxylic acids is 2. The molecule has 0 bridgehead atoms. The van der Waals surface area contributed by atoms with Crippen LogP contribution in [0.15, 0.2) is 40.9 Å². The zero-order valence-electron chi connectivity index (χ0n) is 14.1. The second kappa shape index (κ2) is 6.64. The van der Waals surface area contributed by atoms with Crippen molar-refractivity contribution in [1.29, 1.82) is 0 Å². The Morgan fingerprint density at radius 2 is 2.00 bits per heavy atom. The molecule has 0 aliphatic carbocycles. The van der Waals surface area contributed by atoms with Crippen LogP contribution in [-0.2, 0) is 9.59 Å². The molecular formula is C19H17BrN2O4. The highest BCUT2D eigenvalue weighted by atomic mass is 79.9. The van der Waals surface area contributed by atoms with Gasteiger partial charge >= 0.3 is 0 Å². The summed E-state index contributed by atoms with van der Waals surface area (Å²) in [6.07, 6.45) is 0.188. The predicted molar refractivity (Wildman–Crippen MR) is 101 cm³/mol. The minimum atomic E-state index is -0.397. The monoisotopic (exact) mass is 416 g/mol. The fraction of sp³-hybridized carbons (Fsp3) is 0.263. The number of rotatable bonds is 3. The number of nitrogens with one attached hydrogen (secondary N) is 1. The van der Waals surface area contributed by atoms with E-state index in [0.29, 0.717) is 23.7 Å². The lowest BCUT2D eigenvalue weighted by molar-refractivity contribution is -0.122. The number of fused-ring (bicyclic) bond motifs is 1. The third-order valence-corrected chi connectivity index (χ3v) is 5.11. The van der Waals surface area contributed by atoms with E-state index in [1.165, 1.54) is 0 Å². The summed E-state index contributed by atoms with van der Waals surface area (Å²) in [5, 5.41) is 2.93. The number of hydrogen-bond donors (Lipinski definition) is 1. The van der Waals surface area contributed by atoms with Crippen LogP contribution < -0.4 is 19.7 Å². The van der Waals surface area contributed by atoms with Gasteiger partial charge in [-0.05, 0) is 36.8 Å². The maximum absolute atomic E-state index is 12.6.